The van der Waals surface area contributed by atoms with E-state index >= 15 is 0 Å². The number of amides is 1. The third-order valence-electron chi connectivity index (χ3n) is 5.73. The van der Waals surface area contributed by atoms with Gasteiger partial charge in [-0.2, -0.15) is 5.10 Å². The molecule has 4 aromatic heterocycles. The monoisotopic (exact) mass is 446 g/mol. The molecule has 0 aromatic carbocycles. The van der Waals surface area contributed by atoms with Gasteiger partial charge in [-0.1, -0.05) is 11.2 Å². The van der Waals surface area contributed by atoms with Crippen LogP contribution in [-0.4, -0.2) is 58.9 Å². The molecule has 2 unspecified atom stereocenters. The number of carbonyl (C=O) groups is 1. The van der Waals surface area contributed by atoms with E-state index in [1.54, 1.807) is 36.1 Å². The molecule has 11 heteroatoms. The molecule has 5 rings (SSSR count). The zero-order chi connectivity index (χ0) is 23.2. The number of aryl methyl sites for hydroxylation is 1. The van der Waals surface area contributed by atoms with E-state index in [-0.39, 0.29) is 18.2 Å². The Morgan fingerprint density at radius 1 is 1.12 bits per heavy atom. The summed E-state index contributed by atoms with van der Waals surface area (Å²) in [4.78, 5) is 27.4. The molecule has 0 bridgehead atoms. The first-order valence-corrected chi connectivity index (χ1v) is 10.4. The van der Waals surface area contributed by atoms with E-state index in [1.807, 2.05) is 38.4 Å². The van der Waals surface area contributed by atoms with Crippen LogP contribution in [0, 0.1) is 0 Å². The molecular formula is C22H22N8O3. The molecule has 1 saturated heterocycles. The second kappa shape index (κ2) is 7.78. The van der Waals surface area contributed by atoms with E-state index in [0.717, 1.165) is 0 Å². The summed E-state index contributed by atoms with van der Waals surface area (Å²) < 4.78 is 7.05. The van der Waals surface area contributed by atoms with Crippen molar-refractivity contribution in [1.82, 2.24) is 34.8 Å². The van der Waals surface area contributed by atoms with Crippen molar-refractivity contribution < 1.29 is 14.4 Å². The van der Waals surface area contributed by atoms with Gasteiger partial charge < -0.3 is 19.8 Å². The zero-order valence-corrected chi connectivity index (χ0v) is 18.3. The normalized spacial score (nSPS) is 20.4. The minimum Gasteiger partial charge on any atom is -0.373 e. The minimum atomic E-state index is -1.73. The van der Waals surface area contributed by atoms with E-state index in [0.29, 0.717) is 34.5 Å². The first-order chi connectivity index (χ1) is 15.8. The van der Waals surface area contributed by atoms with Crippen LogP contribution in [0.5, 0.6) is 0 Å². The molecule has 5 heterocycles. The third-order valence-corrected chi connectivity index (χ3v) is 5.73. The number of hydrogen-bond donors (Lipinski definition) is 2. The van der Waals surface area contributed by atoms with Crippen LogP contribution in [0.4, 0.5) is 11.8 Å². The topological polar surface area (TPSA) is 135 Å². The van der Waals surface area contributed by atoms with Crippen LogP contribution in [0.1, 0.15) is 19.1 Å². The van der Waals surface area contributed by atoms with Crippen LogP contribution in [0.3, 0.4) is 0 Å². The van der Waals surface area contributed by atoms with Gasteiger partial charge in [-0.3, -0.25) is 9.48 Å². The van der Waals surface area contributed by atoms with E-state index in [2.05, 4.69) is 30.5 Å². The molecule has 1 fully saturated rings. The molecule has 2 atom stereocenters. The van der Waals surface area contributed by atoms with Crippen molar-refractivity contribution in [3.63, 3.8) is 0 Å². The lowest BCUT2D eigenvalue weighted by atomic mass is 9.96. The van der Waals surface area contributed by atoms with Crippen LogP contribution in [0.25, 0.3) is 22.8 Å². The van der Waals surface area contributed by atoms with Gasteiger partial charge in [-0.05, 0) is 25.1 Å². The second-order valence-electron chi connectivity index (χ2n) is 8.08. The lowest BCUT2D eigenvalue weighted by Crippen LogP contribution is -2.36. The molecule has 4 aromatic rings. The SMILES string of the molecule is CC1CC(O)(c2cc(-c3cccc(-c4ccnc(Nc5ccn(C)n5)n4)n3)no2)C(=O)N1C. The number of rotatable bonds is 5. The molecule has 1 aliphatic rings. The second-order valence-corrected chi connectivity index (χ2v) is 8.08. The molecule has 1 aliphatic heterocycles. The van der Waals surface area contributed by atoms with Crippen LogP contribution in [0.15, 0.2) is 53.3 Å². The van der Waals surface area contributed by atoms with Gasteiger partial charge in [0.05, 0.1) is 17.1 Å². The summed E-state index contributed by atoms with van der Waals surface area (Å²) in [5.74, 6) is 0.719. The van der Waals surface area contributed by atoms with Crippen molar-refractivity contribution in [2.24, 2.45) is 7.05 Å². The largest absolute Gasteiger partial charge is 0.373 e. The molecule has 0 saturated carbocycles. The maximum absolute atomic E-state index is 12.5. The summed E-state index contributed by atoms with van der Waals surface area (Å²) in [5, 5.41) is 22.3. The summed E-state index contributed by atoms with van der Waals surface area (Å²) in [7, 11) is 3.49. The fraction of sp³-hybridized carbons (Fsp3) is 0.273. The average molecular weight is 446 g/mol. The van der Waals surface area contributed by atoms with Gasteiger partial charge in [0.25, 0.3) is 5.91 Å². The van der Waals surface area contributed by atoms with Gasteiger partial charge in [-0.25, -0.2) is 15.0 Å². The summed E-state index contributed by atoms with van der Waals surface area (Å²) in [6, 6.07) is 10.4. The quantitative estimate of drug-likeness (QED) is 0.472. The Balaban J connectivity index is 1.42. The number of carbonyl (C=O) groups excluding carboxylic acids is 1. The number of aromatic nitrogens is 6. The minimum absolute atomic E-state index is 0.106. The van der Waals surface area contributed by atoms with Crippen molar-refractivity contribution in [3.8, 4) is 22.8 Å². The number of likely N-dealkylation sites (tertiary alicyclic amines) is 1. The Bertz CT molecular complexity index is 1330. The van der Waals surface area contributed by atoms with Crippen LogP contribution < -0.4 is 5.32 Å². The van der Waals surface area contributed by atoms with Crippen molar-refractivity contribution in [1.29, 1.82) is 0 Å². The first-order valence-electron chi connectivity index (χ1n) is 10.4. The summed E-state index contributed by atoms with van der Waals surface area (Å²) in [6.45, 7) is 1.87. The predicted molar refractivity (Wildman–Crippen MR) is 118 cm³/mol. The van der Waals surface area contributed by atoms with E-state index in [4.69, 9.17) is 4.52 Å². The van der Waals surface area contributed by atoms with Gasteiger partial charge >= 0.3 is 0 Å². The lowest BCUT2D eigenvalue weighted by Gasteiger charge is -2.16. The van der Waals surface area contributed by atoms with Crippen molar-refractivity contribution in [3.05, 3.63) is 54.6 Å². The Hall–Kier alpha value is -4.12. The van der Waals surface area contributed by atoms with Crippen molar-refractivity contribution >= 4 is 17.7 Å². The fourth-order valence-corrected chi connectivity index (χ4v) is 3.82. The van der Waals surface area contributed by atoms with Crippen molar-refractivity contribution in [2.45, 2.75) is 25.0 Å². The van der Waals surface area contributed by atoms with Gasteiger partial charge in [0.2, 0.25) is 11.5 Å². The number of likely N-dealkylation sites (N-methyl/N-ethyl adjacent to an activating group) is 1. The summed E-state index contributed by atoms with van der Waals surface area (Å²) in [6.07, 6.45) is 3.68. The standard InChI is InChI=1S/C22H22N8O3/c1-13-12-22(32,20(31)30(13)3)18-11-17(28-33-18)15-6-4-5-14(24-15)16-7-9-23-21(25-16)26-19-8-10-29(2)27-19/h4-11,13,32H,12H2,1-3H3,(H,23,25,26,27). The van der Waals surface area contributed by atoms with E-state index in [9.17, 15) is 9.90 Å². The molecule has 0 spiro atoms. The highest BCUT2D eigenvalue weighted by Crippen LogP contribution is 2.37. The smallest absolute Gasteiger partial charge is 0.262 e. The molecule has 0 radical (unpaired) electrons. The van der Waals surface area contributed by atoms with Crippen LogP contribution in [-0.2, 0) is 17.4 Å². The van der Waals surface area contributed by atoms with Gasteiger partial charge in [0.15, 0.2) is 11.6 Å². The number of anilines is 2. The molecular weight excluding hydrogens is 424 g/mol. The Labute approximate surface area is 189 Å². The Morgan fingerprint density at radius 2 is 1.88 bits per heavy atom. The maximum atomic E-state index is 12.5. The third kappa shape index (κ3) is 3.72. The molecule has 0 aliphatic carbocycles. The van der Waals surface area contributed by atoms with E-state index in [1.165, 1.54) is 4.90 Å². The van der Waals surface area contributed by atoms with Gasteiger partial charge in [0, 0.05) is 51.1 Å². The molecule has 33 heavy (non-hydrogen) atoms. The van der Waals surface area contributed by atoms with E-state index < -0.39 is 11.5 Å². The number of pyridine rings is 1. The molecule has 2 N–H and O–H groups in total. The van der Waals surface area contributed by atoms with Crippen LogP contribution in [0.2, 0.25) is 0 Å². The molecule has 11 nitrogen and oxygen atoms in total. The fourth-order valence-electron chi connectivity index (χ4n) is 3.82. The number of aliphatic hydroxyl groups is 1. The highest BCUT2D eigenvalue weighted by molar-refractivity contribution is 5.88. The molecule has 168 valence electrons. The first kappa shape index (κ1) is 20.8. The molecule has 1 amide bonds. The maximum Gasteiger partial charge on any atom is 0.262 e. The highest BCUT2D eigenvalue weighted by atomic mass is 16.5. The Kier molecular flexibility index (Phi) is 4.90. The highest BCUT2D eigenvalue weighted by Gasteiger charge is 2.51. The van der Waals surface area contributed by atoms with Crippen molar-refractivity contribution in [2.75, 3.05) is 12.4 Å². The number of nitrogens with zero attached hydrogens (tertiary/aromatic N) is 7. The zero-order valence-electron chi connectivity index (χ0n) is 18.3. The lowest BCUT2D eigenvalue weighted by molar-refractivity contribution is -0.145. The van der Waals surface area contributed by atoms with Crippen LogP contribution >= 0.6 is 0 Å². The predicted octanol–water partition coefficient (Wildman–Crippen LogP) is 2.11. The Morgan fingerprint density at radius 3 is 2.58 bits per heavy atom. The van der Waals surface area contributed by atoms with Gasteiger partial charge in [-0.15, -0.1) is 0 Å². The summed E-state index contributed by atoms with van der Waals surface area (Å²) in [5.41, 5.74) is 0.420. The van der Waals surface area contributed by atoms with Gasteiger partial charge in [0.1, 0.15) is 5.69 Å². The average Bonchev–Trinajstić information content (AvgIpc) is 3.52. The number of hydrogen-bond acceptors (Lipinski definition) is 9. The number of nitrogens with one attached hydrogen (secondary N) is 1. The summed E-state index contributed by atoms with van der Waals surface area (Å²) >= 11 is 0.